The Labute approximate surface area is 255 Å². The van der Waals surface area contributed by atoms with Gasteiger partial charge in [0.05, 0.1) is 13.2 Å². The van der Waals surface area contributed by atoms with Gasteiger partial charge in [-0.1, -0.05) is 18.2 Å². The van der Waals surface area contributed by atoms with E-state index in [4.69, 9.17) is 24.7 Å². The second-order valence-corrected chi connectivity index (χ2v) is 12.0. The number of methoxy groups -OCH3 is 1. The number of primary amides is 1. The summed E-state index contributed by atoms with van der Waals surface area (Å²) in [4.78, 5) is 16.8. The zero-order chi connectivity index (χ0) is 30.1. The van der Waals surface area contributed by atoms with E-state index in [0.717, 1.165) is 35.2 Å². The Morgan fingerprint density at radius 3 is 2.36 bits per heavy atom. The summed E-state index contributed by atoms with van der Waals surface area (Å²) in [5, 5.41) is 10.6. The molecule has 4 aromatic rings. The molecule has 0 aliphatic carbocycles. The van der Waals surface area contributed by atoms with E-state index in [9.17, 15) is 9.90 Å². The van der Waals surface area contributed by atoms with E-state index in [0.29, 0.717) is 66.1 Å². The summed E-state index contributed by atoms with van der Waals surface area (Å²) in [5.74, 6) is 4.03. The van der Waals surface area contributed by atoms with Gasteiger partial charge in [-0.25, -0.2) is 4.79 Å². The molecule has 3 N–H and O–H groups in total. The molecular formula is C35H33N3O6. The van der Waals surface area contributed by atoms with Crippen LogP contribution in [0.15, 0.2) is 60.7 Å². The predicted octanol–water partition coefficient (Wildman–Crippen LogP) is 6.40. The molecule has 0 radical (unpaired) electrons. The summed E-state index contributed by atoms with van der Waals surface area (Å²) in [5.41, 5.74) is 12.3. The summed E-state index contributed by atoms with van der Waals surface area (Å²) >= 11 is 0. The van der Waals surface area contributed by atoms with Crippen LogP contribution in [0.3, 0.4) is 0 Å². The maximum absolute atomic E-state index is 12.8. The number of hydrogen-bond acceptors (Lipinski definition) is 7. The van der Waals surface area contributed by atoms with Crippen LogP contribution in [-0.4, -0.2) is 48.2 Å². The maximum Gasteiger partial charge on any atom is 0.315 e. The lowest BCUT2D eigenvalue weighted by Gasteiger charge is -2.39. The first kappa shape index (κ1) is 26.7. The molecule has 0 unspecified atom stereocenters. The van der Waals surface area contributed by atoms with Gasteiger partial charge >= 0.3 is 6.03 Å². The Kier molecular flexibility index (Phi) is 6.13. The van der Waals surface area contributed by atoms with Crippen molar-refractivity contribution in [1.82, 2.24) is 9.80 Å². The molecule has 9 rings (SSSR count). The number of amides is 2. The van der Waals surface area contributed by atoms with Gasteiger partial charge in [0.15, 0.2) is 34.5 Å². The lowest BCUT2D eigenvalue weighted by atomic mass is 9.86. The number of phenolic OH excluding ortho intramolecular Hbond substituents is 1. The number of fused-ring (bicyclic) bond motifs is 2. The molecule has 2 atom stereocenters. The van der Waals surface area contributed by atoms with Gasteiger partial charge in [0, 0.05) is 24.7 Å². The second-order valence-electron chi connectivity index (χ2n) is 12.0. The van der Waals surface area contributed by atoms with Gasteiger partial charge in [-0.3, -0.25) is 4.90 Å². The first-order valence-electron chi connectivity index (χ1n) is 15.0. The third-order valence-electron chi connectivity index (χ3n) is 9.45. The van der Waals surface area contributed by atoms with Gasteiger partial charge in [0.2, 0.25) is 5.75 Å². The van der Waals surface area contributed by atoms with Crippen LogP contribution in [-0.2, 0) is 25.7 Å². The van der Waals surface area contributed by atoms with E-state index in [2.05, 4.69) is 24.1 Å². The minimum Gasteiger partial charge on any atom is -0.504 e. The normalized spacial score (nSPS) is 19.7. The Morgan fingerprint density at radius 1 is 0.841 bits per heavy atom. The third-order valence-corrected chi connectivity index (χ3v) is 9.45. The fourth-order valence-electron chi connectivity index (χ4n) is 7.15. The summed E-state index contributed by atoms with van der Waals surface area (Å²) in [6, 6.07) is 18.6. The highest BCUT2D eigenvalue weighted by atomic mass is 16.6. The van der Waals surface area contributed by atoms with Crippen molar-refractivity contribution < 1.29 is 28.8 Å². The van der Waals surface area contributed by atoms with E-state index < -0.39 is 6.03 Å². The molecule has 9 nitrogen and oxygen atoms in total. The number of rotatable bonds is 1. The topological polar surface area (TPSA) is 107 Å². The molecule has 0 spiro atoms. The van der Waals surface area contributed by atoms with Crippen molar-refractivity contribution in [3.05, 3.63) is 94.0 Å². The molecule has 2 amide bonds. The number of ether oxygens (including phenoxy) is 4. The van der Waals surface area contributed by atoms with E-state index in [1.165, 1.54) is 11.1 Å². The van der Waals surface area contributed by atoms with E-state index in [-0.39, 0.29) is 17.8 Å². The molecule has 7 bridgehead atoms. The van der Waals surface area contributed by atoms with Crippen molar-refractivity contribution in [3.8, 4) is 46.0 Å². The highest BCUT2D eigenvalue weighted by molar-refractivity contribution is 5.75. The SMILES string of the molecule is COc1cc2c3c4c1Oc1cc5c(cc1O4)[C@H](Cc1ccc(O)c(c1)Oc1ccc(cc1)C[C@@H]3N(C(N)=O)CC2)N(C)CC5. The van der Waals surface area contributed by atoms with Gasteiger partial charge < -0.3 is 34.7 Å². The molecule has 44 heavy (non-hydrogen) atoms. The van der Waals surface area contributed by atoms with Gasteiger partial charge in [-0.05, 0) is 103 Å². The molecule has 0 saturated heterocycles. The van der Waals surface area contributed by atoms with Crippen molar-refractivity contribution in [1.29, 1.82) is 0 Å². The highest BCUT2D eigenvalue weighted by Gasteiger charge is 2.39. The maximum atomic E-state index is 12.8. The molecule has 0 saturated carbocycles. The largest absolute Gasteiger partial charge is 0.504 e. The van der Waals surface area contributed by atoms with Crippen molar-refractivity contribution in [2.45, 2.75) is 37.8 Å². The molecule has 5 heterocycles. The van der Waals surface area contributed by atoms with Gasteiger partial charge in [-0.15, -0.1) is 0 Å². The molecule has 9 heteroatoms. The smallest absolute Gasteiger partial charge is 0.315 e. The minimum absolute atomic E-state index is 0.0712. The summed E-state index contributed by atoms with van der Waals surface area (Å²) in [7, 11) is 3.77. The summed E-state index contributed by atoms with van der Waals surface area (Å²) in [6.45, 7) is 1.37. The number of phenols is 1. The lowest BCUT2D eigenvalue weighted by Crippen LogP contribution is -2.44. The lowest BCUT2D eigenvalue weighted by molar-refractivity contribution is 0.175. The average Bonchev–Trinajstić information content (AvgIpc) is 3.02. The second kappa shape index (κ2) is 10.1. The van der Waals surface area contributed by atoms with Crippen LogP contribution in [0.4, 0.5) is 4.79 Å². The van der Waals surface area contributed by atoms with Crippen LogP contribution < -0.4 is 24.7 Å². The number of carbonyl (C=O) groups excluding carboxylic acids is 1. The first-order valence-corrected chi connectivity index (χ1v) is 15.0. The molecule has 224 valence electrons. The van der Waals surface area contributed by atoms with Crippen LogP contribution in [0, 0.1) is 0 Å². The van der Waals surface area contributed by atoms with Crippen LogP contribution in [0.25, 0.3) is 0 Å². The number of nitrogens with two attached hydrogens (primary N) is 1. The summed E-state index contributed by atoms with van der Waals surface area (Å²) < 4.78 is 25.4. The van der Waals surface area contributed by atoms with Crippen LogP contribution in [0.5, 0.6) is 46.0 Å². The van der Waals surface area contributed by atoms with Gasteiger partial charge in [0.25, 0.3) is 0 Å². The highest BCUT2D eigenvalue weighted by Crippen LogP contribution is 2.56. The molecule has 0 fully saturated rings. The first-order chi connectivity index (χ1) is 21.4. The standard InChI is InChI=1S/C35H33N3O6/c1-37-11-9-21-16-29-30-18-24(21)25(37)14-20-5-8-27(39)28(15-20)42-23-6-3-19(4-7-23)13-26-32-22(10-12-38(26)35(36)40)17-31(41-2)33(43-29)34(32)44-30/h3-8,15-18,25-26,39H,9-14H2,1-2H3,(H2,36,40)/t25-,26-/m0/s1. The Bertz CT molecular complexity index is 1820. The number of likely N-dealkylation sites (N-methyl/N-ethyl adjacent to an activating group) is 1. The fraction of sp³-hybridized carbons (Fsp3) is 0.286. The van der Waals surface area contributed by atoms with Crippen molar-refractivity contribution >= 4 is 6.03 Å². The average molecular weight is 592 g/mol. The Morgan fingerprint density at radius 2 is 1.57 bits per heavy atom. The number of benzene rings is 4. The van der Waals surface area contributed by atoms with Crippen LogP contribution in [0.1, 0.15) is 45.5 Å². The monoisotopic (exact) mass is 591 g/mol. The number of urea groups is 1. The molecule has 0 aromatic heterocycles. The van der Waals surface area contributed by atoms with E-state index in [1.54, 1.807) is 18.1 Å². The van der Waals surface area contributed by atoms with Crippen molar-refractivity contribution in [2.75, 3.05) is 27.2 Å². The number of carbonyl (C=O) groups is 1. The molecule has 5 aliphatic rings. The summed E-state index contributed by atoms with van der Waals surface area (Å²) in [6.07, 6.45) is 2.71. The van der Waals surface area contributed by atoms with Crippen molar-refractivity contribution in [2.24, 2.45) is 5.73 Å². The molecule has 4 aromatic carbocycles. The van der Waals surface area contributed by atoms with E-state index in [1.807, 2.05) is 42.5 Å². The van der Waals surface area contributed by atoms with E-state index >= 15 is 0 Å². The predicted molar refractivity (Wildman–Crippen MR) is 163 cm³/mol. The van der Waals surface area contributed by atoms with Crippen LogP contribution >= 0.6 is 0 Å². The van der Waals surface area contributed by atoms with Crippen molar-refractivity contribution in [3.63, 3.8) is 0 Å². The Hall–Kier alpha value is -4.89. The number of aromatic hydroxyl groups is 1. The Balaban J connectivity index is 1.34. The molecular weight excluding hydrogens is 558 g/mol. The zero-order valence-electron chi connectivity index (χ0n) is 24.6. The van der Waals surface area contributed by atoms with Gasteiger partial charge in [-0.2, -0.15) is 0 Å². The van der Waals surface area contributed by atoms with Crippen LogP contribution in [0.2, 0.25) is 0 Å². The zero-order valence-corrected chi connectivity index (χ0v) is 24.6. The van der Waals surface area contributed by atoms with Gasteiger partial charge in [0.1, 0.15) is 5.75 Å². The fourth-order valence-corrected chi connectivity index (χ4v) is 7.15. The number of nitrogens with zero attached hydrogens (tertiary/aromatic N) is 2. The minimum atomic E-state index is -0.486. The number of hydrogen-bond donors (Lipinski definition) is 2. The quantitative estimate of drug-likeness (QED) is 0.232. The molecule has 5 aliphatic heterocycles. The third kappa shape index (κ3) is 4.30.